The van der Waals surface area contributed by atoms with Crippen molar-refractivity contribution in [3.8, 4) is 11.8 Å². The van der Waals surface area contributed by atoms with Gasteiger partial charge in [-0.25, -0.2) is 14.3 Å². The van der Waals surface area contributed by atoms with Gasteiger partial charge >= 0.3 is 5.92 Å². The zero-order valence-electron chi connectivity index (χ0n) is 24.5. The Labute approximate surface area is 258 Å². The standard InChI is InChI=1S/C33H31F4N7O/c1-43(2)20-26-9-13-28(14-10-26)38-18-24-6-3-23(4-7-24)5-8-25-11-16-31(39-19-25)33(36,37)32(45,21-44-22-40-41-42-44)29-15-12-27(34)17-30(29)35/h3-4,6-7,9-17,19,22,38,41-42,45H,18,20-21H2,1-2H3. The van der Waals surface area contributed by atoms with Gasteiger partial charge in [0.25, 0.3) is 0 Å². The highest BCUT2D eigenvalue weighted by atomic mass is 19.3. The first kappa shape index (κ1) is 31.5. The van der Waals surface area contributed by atoms with E-state index in [-0.39, 0.29) is 0 Å². The van der Waals surface area contributed by atoms with E-state index in [0.717, 1.165) is 59.1 Å². The predicted octanol–water partition coefficient (Wildman–Crippen LogP) is 4.68. The third-order valence-corrected chi connectivity index (χ3v) is 7.09. The molecule has 1 unspecified atom stereocenters. The molecule has 2 heterocycles. The number of aliphatic hydroxyl groups is 1. The molecule has 232 valence electrons. The maximum atomic E-state index is 15.9. The van der Waals surface area contributed by atoms with Crippen molar-refractivity contribution in [1.29, 1.82) is 0 Å². The summed E-state index contributed by atoms with van der Waals surface area (Å²) in [5, 5.41) is 19.3. The van der Waals surface area contributed by atoms with E-state index >= 15 is 8.78 Å². The number of hydrogen-bond donors (Lipinski definition) is 4. The number of hydrogen-bond acceptors (Lipinski definition) is 8. The quantitative estimate of drug-likeness (QED) is 0.152. The second-order valence-electron chi connectivity index (χ2n) is 10.8. The molecule has 0 aliphatic carbocycles. The summed E-state index contributed by atoms with van der Waals surface area (Å²) >= 11 is 0. The Bertz CT molecular complexity index is 1700. The molecule has 1 atom stereocenters. The number of nitrogens with one attached hydrogen (secondary N) is 3. The lowest BCUT2D eigenvalue weighted by Gasteiger charge is -2.38. The van der Waals surface area contributed by atoms with E-state index in [1.165, 1.54) is 11.6 Å². The molecule has 4 N–H and O–H groups in total. The minimum Gasteiger partial charge on any atom is -0.381 e. The van der Waals surface area contributed by atoms with Crippen molar-refractivity contribution in [2.24, 2.45) is 5.10 Å². The van der Waals surface area contributed by atoms with Gasteiger partial charge in [0.1, 0.15) is 23.7 Å². The Kier molecular flexibility index (Phi) is 9.34. The topological polar surface area (TPSA) is 88.0 Å². The van der Waals surface area contributed by atoms with Crippen LogP contribution in [0.25, 0.3) is 0 Å². The highest BCUT2D eigenvalue weighted by Crippen LogP contribution is 2.46. The molecule has 4 aromatic rings. The van der Waals surface area contributed by atoms with Gasteiger partial charge in [-0.3, -0.25) is 9.99 Å². The first-order valence-electron chi connectivity index (χ1n) is 13.9. The lowest BCUT2D eigenvalue weighted by atomic mass is 9.84. The molecule has 3 aromatic carbocycles. The molecule has 8 nitrogen and oxygen atoms in total. The van der Waals surface area contributed by atoms with Crippen LogP contribution in [-0.4, -0.2) is 47.0 Å². The maximum absolute atomic E-state index is 15.9. The number of pyridine rings is 1. The molecule has 0 fully saturated rings. The van der Waals surface area contributed by atoms with Crippen LogP contribution in [-0.2, 0) is 24.6 Å². The second-order valence-corrected chi connectivity index (χ2v) is 10.8. The second kappa shape index (κ2) is 13.4. The van der Waals surface area contributed by atoms with Gasteiger partial charge in [0, 0.05) is 47.7 Å². The lowest BCUT2D eigenvalue weighted by molar-refractivity contribution is -0.206. The van der Waals surface area contributed by atoms with E-state index in [0.29, 0.717) is 18.2 Å². The number of halogens is 4. The smallest absolute Gasteiger partial charge is 0.323 e. The Hall–Kier alpha value is -4.96. The van der Waals surface area contributed by atoms with Crippen LogP contribution in [0.15, 0.2) is 90.2 Å². The van der Waals surface area contributed by atoms with Crippen LogP contribution in [0.1, 0.15) is 33.5 Å². The van der Waals surface area contributed by atoms with Gasteiger partial charge in [0.05, 0.1) is 6.54 Å². The summed E-state index contributed by atoms with van der Waals surface area (Å²) in [6.45, 7) is 0.658. The molecule has 0 saturated carbocycles. The first-order chi connectivity index (χ1) is 21.5. The summed E-state index contributed by atoms with van der Waals surface area (Å²) < 4.78 is 60.2. The molecule has 0 saturated heterocycles. The molecule has 1 aromatic heterocycles. The number of β-amino-alcohol motifs (C(OH)–C–C–N with tert-alkyl or cyclic N) is 1. The van der Waals surface area contributed by atoms with Crippen molar-refractivity contribution in [3.63, 3.8) is 0 Å². The summed E-state index contributed by atoms with van der Waals surface area (Å²) in [7, 11) is 4.06. The van der Waals surface area contributed by atoms with E-state index in [1.54, 1.807) is 0 Å². The summed E-state index contributed by atoms with van der Waals surface area (Å²) in [4.78, 5) is 5.97. The summed E-state index contributed by atoms with van der Waals surface area (Å²) in [6, 6.07) is 20.3. The maximum Gasteiger partial charge on any atom is 0.323 e. The number of benzene rings is 3. The fourth-order valence-corrected chi connectivity index (χ4v) is 4.74. The molecule has 0 radical (unpaired) electrons. The Balaban J connectivity index is 1.27. The average Bonchev–Trinajstić information content (AvgIpc) is 3.53. The molecule has 12 heteroatoms. The molecular weight excluding hydrogens is 586 g/mol. The van der Waals surface area contributed by atoms with Crippen LogP contribution in [0.2, 0.25) is 0 Å². The van der Waals surface area contributed by atoms with Crippen molar-refractivity contribution >= 4 is 12.0 Å². The van der Waals surface area contributed by atoms with Crippen LogP contribution in [0.5, 0.6) is 0 Å². The third-order valence-electron chi connectivity index (χ3n) is 7.09. The highest BCUT2D eigenvalue weighted by molar-refractivity contribution is 5.55. The third kappa shape index (κ3) is 7.41. The van der Waals surface area contributed by atoms with E-state index in [9.17, 15) is 13.9 Å². The molecule has 1 aliphatic heterocycles. The van der Waals surface area contributed by atoms with Gasteiger partial charge in [-0.1, -0.05) is 36.1 Å². The number of hydrazone groups is 1. The Morgan fingerprint density at radius 1 is 0.911 bits per heavy atom. The van der Waals surface area contributed by atoms with Crippen molar-refractivity contribution in [2.75, 3.05) is 26.0 Å². The van der Waals surface area contributed by atoms with Crippen LogP contribution >= 0.6 is 0 Å². The highest BCUT2D eigenvalue weighted by Gasteiger charge is 2.58. The van der Waals surface area contributed by atoms with E-state index < -0.39 is 41.0 Å². The fraction of sp³-hybridized carbons (Fsp3) is 0.212. The van der Waals surface area contributed by atoms with Gasteiger partial charge in [-0.2, -0.15) is 13.9 Å². The van der Waals surface area contributed by atoms with E-state index in [2.05, 4.69) is 55.3 Å². The normalized spacial score (nSPS) is 14.1. The number of anilines is 1. The lowest BCUT2D eigenvalue weighted by Crippen LogP contribution is -2.54. The summed E-state index contributed by atoms with van der Waals surface area (Å²) in [6.07, 6.45) is 2.25. The Morgan fingerprint density at radius 3 is 2.22 bits per heavy atom. The van der Waals surface area contributed by atoms with E-state index in [4.69, 9.17) is 0 Å². The van der Waals surface area contributed by atoms with Gasteiger partial charge in [0.15, 0.2) is 5.60 Å². The van der Waals surface area contributed by atoms with Crippen molar-refractivity contribution in [2.45, 2.75) is 24.6 Å². The van der Waals surface area contributed by atoms with Crippen molar-refractivity contribution < 1.29 is 22.7 Å². The monoisotopic (exact) mass is 617 g/mol. The van der Waals surface area contributed by atoms with Gasteiger partial charge in [-0.15, -0.1) is 5.53 Å². The van der Waals surface area contributed by atoms with Crippen molar-refractivity contribution in [3.05, 3.63) is 130 Å². The zero-order valence-corrected chi connectivity index (χ0v) is 24.5. The van der Waals surface area contributed by atoms with Crippen molar-refractivity contribution in [1.82, 2.24) is 26.0 Å². The summed E-state index contributed by atoms with van der Waals surface area (Å²) in [5.41, 5.74) is 4.33. The molecule has 45 heavy (non-hydrogen) atoms. The molecule has 1 aliphatic rings. The minimum absolute atomic E-state index is 0.354. The average molecular weight is 618 g/mol. The number of rotatable bonds is 10. The van der Waals surface area contributed by atoms with Gasteiger partial charge in [-0.05, 0) is 73.8 Å². The van der Waals surface area contributed by atoms with E-state index in [1.807, 2.05) is 50.5 Å². The molecule has 0 amide bonds. The fourth-order valence-electron chi connectivity index (χ4n) is 4.74. The van der Waals surface area contributed by atoms with Crippen LogP contribution in [0, 0.1) is 23.5 Å². The molecule has 0 bridgehead atoms. The van der Waals surface area contributed by atoms with Crippen LogP contribution < -0.4 is 16.4 Å². The minimum atomic E-state index is -4.12. The Morgan fingerprint density at radius 2 is 1.60 bits per heavy atom. The van der Waals surface area contributed by atoms with Gasteiger partial charge < -0.3 is 15.3 Å². The van der Waals surface area contributed by atoms with Gasteiger partial charge in [0.2, 0.25) is 0 Å². The molecule has 0 spiro atoms. The predicted molar refractivity (Wildman–Crippen MR) is 163 cm³/mol. The number of hydrazine groups is 2. The SMILES string of the molecule is CN(C)Cc1ccc(NCc2ccc(C#Cc3ccc(C(F)(F)C(O)(CN4C=NNN4)c4ccc(F)cc4F)nc3)cc2)cc1. The van der Waals surface area contributed by atoms with Crippen LogP contribution in [0.3, 0.4) is 0 Å². The van der Waals surface area contributed by atoms with Crippen LogP contribution in [0.4, 0.5) is 23.2 Å². The number of aromatic nitrogens is 1. The molecular formula is C33H31F4N7O. The number of nitrogens with zero attached hydrogens (tertiary/aromatic N) is 4. The largest absolute Gasteiger partial charge is 0.381 e. The summed E-state index contributed by atoms with van der Waals surface area (Å²) in [5.74, 6) is -0.543. The number of alkyl halides is 2. The first-order valence-corrected chi connectivity index (χ1v) is 13.9. The molecule has 5 rings (SSSR count). The zero-order chi connectivity index (χ0) is 32.0.